The first kappa shape index (κ1) is 18.3. The summed E-state index contributed by atoms with van der Waals surface area (Å²) in [5.74, 6) is 1.12. The van der Waals surface area contributed by atoms with E-state index in [2.05, 4.69) is 22.6 Å². The summed E-state index contributed by atoms with van der Waals surface area (Å²) < 4.78 is 2.15. The maximum Gasteiger partial charge on any atom is 0.319 e. The van der Waals surface area contributed by atoms with Gasteiger partial charge in [0.2, 0.25) is 0 Å². The molecule has 0 spiro atoms. The molecule has 146 valence electrons. The number of urea groups is 1. The molecule has 2 amide bonds. The molecule has 2 aliphatic rings. The number of imidazole rings is 1. The summed E-state index contributed by atoms with van der Waals surface area (Å²) in [7, 11) is 5.62. The molecule has 4 rings (SSSR count). The van der Waals surface area contributed by atoms with Crippen LogP contribution in [0.4, 0.5) is 4.79 Å². The van der Waals surface area contributed by atoms with Gasteiger partial charge in [-0.1, -0.05) is 12.1 Å². The van der Waals surface area contributed by atoms with E-state index >= 15 is 0 Å². The van der Waals surface area contributed by atoms with E-state index in [0.717, 1.165) is 42.9 Å². The Bertz CT molecular complexity index is 848. The molecule has 0 aliphatic carbocycles. The van der Waals surface area contributed by atoms with E-state index in [1.165, 1.54) is 0 Å². The van der Waals surface area contributed by atoms with Crippen LogP contribution in [-0.2, 0) is 13.6 Å². The highest BCUT2D eigenvalue weighted by atomic mass is 16.3. The molecule has 2 saturated heterocycles. The van der Waals surface area contributed by atoms with Gasteiger partial charge in [0.15, 0.2) is 0 Å². The number of aromatic nitrogens is 2. The van der Waals surface area contributed by atoms with Gasteiger partial charge in [-0.05, 0) is 25.0 Å². The van der Waals surface area contributed by atoms with Gasteiger partial charge in [-0.2, -0.15) is 0 Å². The number of benzene rings is 1. The fourth-order valence-corrected chi connectivity index (χ4v) is 4.51. The Labute approximate surface area is 160 Å². The van der Waals surface area contributed by atoms with Crippen molar-refractivity contribution in [1.29, 1.82) is 0 Å². The van der Waals surface area contributed by atoms with Gasteiger partial charge in [0.05, 0.1) is 23.2 Å². The van der Waals surface area contributed by atoms with Crippen molar-refractivity contribution in [2.24, 2.45) is 13.0 Å². The van der Waals surface area contributed by atoms with Crippen LogP contribution in [0.5, 0.6) is 0 Å². The number of aryl methyl sites for hydroxylation is 1. The van der Waals surface area contributed by atoms with Crippen LogP contribution in [-0.4, -0.2) is 81.3 Å². The molecule has 0 unspecified atom stereocenters. The number of amides is 2. The lowest BCUT2D eigenvalue weighted by Crippen LogP contribution is -2.61. The highest BCUT2D eigenvalue weighted by Gasteiger charge is 2.46. The summed E-state index contributed by atoms with van der Waals surface area (Å²) in [5.41, 5.74) is 1.51. The molecule has 1 aromatic heterocycles. The van der Waals surface area contributed by atoms with E-state index in [1.807, 2.05) is 23.1 Å². The van der Waals surface area contributed by atoms with Gasteiger partial charge in [-0.25, -0.2) is 9.78 Å². The Morgan fingerprint density at radius 3 is 2.74 bits per heavy atom. The van der Waals surface area contributed by atoms with E-state index < -0.39 is 5.60 Å². The normalized spacial score (nSPS) is 26.2. The summed E-state index contributed by atoms with van der Waals surface area (Å²) in [6.45, 7) is 3.66. The van der Waals surface area contributed by atoms with Crippen molar-refractivity contribution in [3.8, 4) is 0 Å². The zero-order valence-corrected chi connectivity index (χ0v) is 16.4. The van der Waals surface area contributed by atoms with Crippen LogP contribution in [0.15, 0.2) is 24.3 Å². The molecular formula is C20H29N5O2. The number of hydrogen-bond donors (Lipinski definition) is 1. The first-order valence-electron chi connectivity index (χ1n) is 9.69. The second-order valence-corrected chi connectivity index (χ2v) is 8.23. The Balaban J connectivity index is 1.48. The summed E-state index contributed by atoms with van der Waals surface area (Å²) in [4.78, 5) is 23.0. The lowest BCUT2D eigenvalue weighted by Gasteiger charge is -2.50. The fraction of sp³-hybridized carbons (Fsp3) is 0.600. The lowest BCUT2D eigenvalue weighted by atomic mass is 9.75. The minimum atomic E-state index is -0.647. The van der Waals surface area contributed by atoms with Gasteiger partial charge >= 0.3 is 6.03 Å². The number of carbonyl (C=O) groups is 1. The van der Waals surface area contributed by atoms with Crippen molar-refractivity contribution >= 4 is 17.1 Å². The number of rotatable bonds is 2. The van der Waals surface area contributed by atoms with E-state index in [-0.39, 0.29) is 11.9 Å². The standard InChI is InChI=1S/C20H29N5O2/c1-22(2)19(26)25-11-9-20(27)8-10-24(12-15(20)13-25)14-18-21-16-6-4-5-7-17(16)23(18)3/h4-7,15,27H,8-14H2,1-3H3/t15-,20-/m1/s1. The van der Waals surface area contributed by atoms with Crippen LogP contribution in [0.2, 0.25) is 0 Å². The van der Waals surface area contributed by atoms with Crippen LogP contribution in [0, 0.1) is 5.92 Å². The number of hydrogen-bond acceptors (Lipinski definition) is 4. The molecule has 1 aromatic carbocycles. The average molecular weight is 371 g/mol. The predicted molar refractivity (Wildman–Crippen MR) is 104 cm³/mol. The Kier molecular flexibility index (Phi) is 4.60. The Morgan fingerprint density at radius 1 is 1.26 bits per heavy atom. The quantitative estimate of drug-likeness (QED) is 0.869. The van der Waals surface area contributed by atoms with E-state index in [1.54, 1.807) is 19.0 Å². The highest BCUT2D eigenvalue weighted by molar-refractivity contribution is 5.75. The summed E-state index contributed by atoms with van der Waals surface area (Å²) in [6.07, 6.45) is 1.42. The molecule has 0 bridgehead atoms. The monoisotopic (exact) mass is 371 g/mol. The first-order chi connectivity index (χ1) is 12.9. The van der Waals surface area contributed by atoms with Crippen LogP contribution in [0.25, 0.3) is 11.0 Å². The smallest absolute Gasteiger partial charge is 0.319 e. The summed E-state index contributed by atoms with van der Waals surface area (Å²) in [5, 5.41) is 11.1. The van der Waals surface area contributed by atoms with E-state index in [9.17, 15) is 9.90 Å². The number of para-hydroxylation sites is 2. The molecule has 2 atom stereocenters. The molecule has 0 saturated carbocycles. The Hall–Kier alpha value is -2.12. The SMILES string of the molecule is CN(C)C(=O)N1CC[C@]2(O)CCN(Cc3nc4ccccc4n3C)C[C@@H]2C1. The van der Waals surface area contributed by atoms with Crippen molar-refractivity contribution in [3.63, 3.8) is 0 Å². The van der Waals surface area contributed by atoms with Crippen molar-refractivity contribution < 1.29 is 9.90 Å². The van der Waals surface area contributed by atoms with Gasteiger partial charge in [0, 0.05) is 53.2 Å². The van der Waals surface area contributed by atoms with E-state index in [0.29, 0.717) is 19.5 Å². The summed E-state index contributed by atoms with van der Waals surface area (Å²) >= 11 is 0. The van der Waals surface area contributed by atoms with Crippen LogP contribution in [0.3, 0.4) is 0 Å². The molecule has 1 N–H and O–H groups in total. The minimum absolute atomic E-state index is 0.0320. The number of aliphatic hydroxyl groups is 1. The molecule has 2 fully saturated rings. The third kappa shape index (κ3) is 3.30. The van der Waals surface area contributed by atoms with Crippen molar-refractivity contribution in [1.82, 2.24) is 24.3 Å². The average Bonchev–Trinajstić information content (AvgIpc) is 2.97. The third-order valence-corrected chi connectivity index (χ3v) is 6.25. The van der Waals surface area contributed by atoms with Crippen molar-refractivity contribution in [2.45, 2.75) is 25.0 Å². The molecule has 3 heterocycles. The van der Waals surface area contributed by atoms with Gasteiger partial charge in [0.1, 0.15) is 5.82 Å². The molecule has 7 heteroatoms. The molecule has 7 nitrogen and oxygen atoms in total. The Morgan fingerprint density at radius 2 is 2.00 bits per heavy atom. The van der Waals surface area contributed by atoms with Crippen molar-refractivity contribution in [2.75, 3.05) is 40.3 Å². The van der Waals surface area contributed by atoms with Gasteiger partial charge in [-0.15, -0.1) is 0 Å². The second-order valence-electron chi connectivity index (χ2n) is 8.23. The third-order valence-electron chi connectivity index (χ3n) is 6.25. The van der Waals surface area contributed by atoms with E-state index in [4.69, 9.17) is 4.98 Å². The van der Waals surface area contributed by atoms with Crippen LogP contribution >= 0.6 is 0 Å². The maximum atomic E-state index is 12.3. The molecular weight excluding hydrogens is 342 g/mol. The minimum Gasteiger partial charge on any atom is -0.389 e. The molecule has 27 heavy (non-hydrogen) atoms. The fourth-order valence-electron chi connectivity index (χ4n) is 4.51. The lowest BCUT2D eigenvalue weighted by molar-refractivity contribution is -0.109. The van der Waals surface area contributed by atoms with Gasteiger partial charge < -0.3 is 19.5 Å². The van der Waals surface area contributed by atoms with Crippen LogP contribution < -0.4 is 0 Å². The topological polar surface area (TPSA) is 64.8 Å². The number of nitrogens with zero attached hydrogens (tertiary/aromatic N) is 5. The number of fused-ring (bicyclic) bond motifs is 2. The molecule has 0 radical (unpaired) electrons. The summed E-state index contributed by atoms with van der Waals surface area (Å²) in [6, 6.07) is 8.21. The van der Waals surface area contributed by atoms with Crippen molar-refractivity contribution in [3.05, 3.63) is 30.1 Å². The van der Waals surface area contributed by atoms with Gasteiger partial charge in [0.25, 0.3) is 0 Å². The van der Waals surface area contributed by atoms with Crippen LogP contribution in [0.1, 0.15) is 18.7 Å². The van der Waals surface area contributed by atoms with Gasteiger partial charge in [-0.3, -0.25) is 4.90 Å². The predicted octanol–water partition coefficient (Wildman–Crippen LogP) is 1.51. The number of piperidine rings is 2. The first-order valence-corrected chi connectivity index (χ1v) is 9.69. The largest absolute Gasteiger partial charge is 0.389 e. The maximum absolute atomic E-state index is 12.3. The second kappa shape index (κ2) is 6.80. The molecule has 2 aliphatic heterocycles. The molecule has 2 aromatic rings. The highest BCUT2D eigenvalue weighted by Crippen LogP contribution is 2.36. The number of carbonyl (C=O) groups excluding carboxylic acids is 1. The zero-order chi connectivity index (χ0) is 19.2. The number of likely N-dealkylation sites (tertiary alicyclic amines) is 2. The zero-order valence-electron chi connectivity index (χ0n) is 16.4.